The number of methoxy groups -OCH3 is 2. The second-order valence-electron chi connectivity index (χ2n) is 7.62. The summed E-state index contributed by atoms with van der Waals surface area (Å²) in [5.41, 5.74) is 3.22. The van der Waals surface area contributed by atoms with Gasteiger partial charge in [-0.3, -0.25) is 4.79 Å². The van der Waals surface area contributed by atoms with Gasteiger partial charge in [-0.1, -0.05) is 12.1 Å². The SMILES string of the molecule is COc1cccc(CNC(=O)c2cc(C3CC3)nc3c2cnn3C(C)C)c1OC. The number of nitrogens with zero attached hydrogens (tertiary/aromatic N) is 3. The van der Waals surface area contributed by atoms with Crippen molar-refractivity contribution in [1.29, 1.82) is 0 Å². The Morgan fingerprint density at radius 3 is 2.72 bits per heavy atom. The van der Waals surface area contributed by atoms with Crippen molar-refractivity contribution in [2.45, 2.75) is 45.2 Å². The molecule has 0 aliphatic heterocycles. The van der Waals surface area contributed by atoms with Crippen LogP contribution in [0.4, 0.5) is 0 Å². The molecule has 29 heavy (non-hydrogen) atoms. The van der Waals surface area contributed by atoms with Gasteiger partial charge < -0.3 is 14.8 Å². The molecule has 0 radical (unpaired) electrons. The van der Waals surface area contributed by atoms with Crippen molar-refractivity contribution in [3.63, 3.8) is 0 Å². The molecular formula is C22H26N4O3. The Bertz CT molecular complexity index is 1050. The molecule has 0 spiro atoms. The van der Waals surface area contributed by atoms with E-state index in [0.29, 0.717) is 29.5 Å². The third kappa shape index (κ3) is 3.64. The number of ether oxygens (including phenoxy) is 2. The lowest BCUT2D eigenvalue weighted by atomic mass is 10.1. The molecule has 7 nitrogen and oxygen atoms in total. The first-order chi connectivity index (χ1) is 14.0. The Kier molecular flexibility index (Phi) is 5.13. The van der Waals surface area contributed by atoms with Crippen LogP contribution in [-0.2, 0) is 6.54 Å². The number of aromatic nitrogens is 3. The number of nitrogens with one attached hydrogen (secondary N) is 1. The summed E-state index contributed by atoms with van der Waals surface area (Å²) in [4.78, 5) is 17.9. The highest BCUT2D eigenvalue weighted by molar-refractivity contribution is 6.05. The molecule has 3 aromatic rings. The van der Waals surface area contributed by atoms with Crippen molar-refractivity contribution in [3.8, 4) is 11.5 Å². The Labute approximate surface area is 170 Å². The van der Waals surface area contributed by atoms with Gasteiger partial charge in [-0.05, 0) is 38.8 Å². The first kappa shape index (κ1) is 19.2. The number of para-hydroxylation sites is 1. The molecule has 152 valence electrons. The van der Waals surface area contributed by atoms with E-state index in [1.807, 2.05) is 28.9 Å². The van der Waals surface area contributed by atoms with Crippen LogP contribution < -0.4 is 14.8 Å². The normalized spacial score (nSPS) is 13.7. The van der Waals surface area contributed by atoms with Crippen LogP contribution in [0.1, 0.15) is 60.3 Å². The maximum absolute atomic E-state index is 13.1. The van der Waals surface area contributed by atoms with E-state index in [1.54, 1.807) is 20.4 Å². The lowest BCUT2D eigenvalue weighted by Gasteiger charge is -2.14. The molecule has 0 saturated heterocycles. The Morgan fingerprint density at radius 1 is 1.28 bits per heavy atom. The summed E-state index contributed by atoms with van der Waals surface area (Å²) in [6.07, 6.45) is 3.98. The molecule has 2 heterocycles. The summed E-state index contributed by atoms with van der Waals surface area (Å²) in [7, 11) is 3.19. The summed E-state index contributed by atoms with van der Waals surface area (Å²) < 4.78 is 12.7. The van der Waals surface area contributed by atoms with Crippen LogP contribution in [0.2, 0.25) is 0 Å². The number of rotatable bonds is 7. The quantitative estimate of drug-likeness (QED) is 0.659. The average molecular weight is 394 g/mol. The van der Waals surface area contributed by atoms with Crippen molar-refractivity contribution >= 4 is 16.9 Å². The number of hydrogen-bond acceptors (Lipinski definition) is 5. The minimum Gasteiger partial charge on any atom is -0.493 e. The van der Waals surface area contributed by atoms with E-state index in [2.05, 4.69) is 24.3 Å². The largest absolute Gasteiger partial charge is 0.493 e. The first-order valence-electron chi connectivity index (χ1n) is 9.89. The second kappa shape index (κ2) is 7.73. The van der Waals surface area contributed by atoms with Gasteiger partial charge in [-0.25, -0.2) is 9.67 Å². The topological polar surface area (TPSA) is 78.3 Å². The van der Waals surface area contributed by atoms with E-state index in [1.165, 1.54) is 0 Å². The van der Waals surface area contributed by atoms with Gasteiger partial charge in [0.15, 0.2) is 17.1 Å². The standard InChI is InChI=1S/C22H26N4O3/c1-13(2)26-21-17(12-24-26)16(10-18(25-21)14-8-9-14)22(27)23-11-15-6-5-7-19(28-3)20(15)29-4/h5-7,10,12-14H,8-9,11H2,1-4H3,(H,23,27). The average Bonchev–Trinajstić information content (AvgIpc) is 3.49. The maximum Gasteiger partial charge on any atom is 0.252 e. The van der Waals surface area contributed by atoms with Crippen molar-refractivity contribution in [1.82, 2.24) is 20.1 Å². The zero-order chi connectivity index (χ0) is 20.5. The number of carbonyl (C=O) groups excluding carboxylic acids is 1. The highest BCUT2D eigenvalue weighted by Crippen LogP contribution is 2.40. The number of carbonyl (C=O) groups is 1. The molecule has 0 unspecified atom stereocenters. The number of pyridine rings is 1. The van der Waals surface area contributed by atoms with Gasteiger partial charge in [0.05, 0.1) is 31.4 Å². The van der Waals surface area contributed by atoms with E-state index in [9.17, 15) is 4.79 Å². The van der Waals surface area contributed by atoms with Gasteiger partial charge in [0.2, 0.25) is 0 Å². The highest BCUT2D eigenvalue weighted by Gasteiger charge is 2.28. The Balaban J connectivity index is 1.65. The van der Waals surface area contributed by atoms with Crippen LogP contribution in [0, 0.1) is 0 Å². The molecule has 1 N–H and O–H groups in total. The van der Waals surface area contributed by atoms with Crippen molar-refractivity contribution in [2.24, 2.45) is 0 Å². The third-order valence-electron chi connectivity index (χ3n) is 5.24. The van der Waals surface area contributed by atoms with Gasteiger partial charge >= 0.3 is 0 Å². The molecule has 7 heteroatoms. The lowest BCUT2D eigenvalue weighted by molar-refractivity contribution is 0.0952. The van der Waals surface area contributed by atoms with Crippen molar-refractivity contribution in [2.75, 3.05) is 14.2 Å². The number of hydrogen-bond donors (Lipinski definition) is 1. The van der Waals surface area contributed by atoms with E-state index < -0.39 is 0 Å². The number of benzene rings is 1. The molecule has 4 rings (SSSR count). The van der Waals surface area contributed by atoms with Crippen molar-refractivity contribution < 1.29 is 14.3 Å². The Morgan fingerprint density at radius 2 is 2.07 bits per heavy atom. The summed E-state index contributed by atoms with van der Waals surface area (Å²) in [6.45, 7) is 4.46. The fourth-order valence-electron chi connectivity index (χ4n) is 3.56. The molecule has 0 bridgehead atoms. The van der Waals surface area contributed by atoms with E-state index in [4.69, 9.17) is 14.5 Å². The van der Waals surface area contributed by atoms with E-state index in [0.717, 1.165) is 35.1 Å². The zero-order valence-electron chi connectivity index (χ0n) is 17.2. The molecule has 1 aliphatic rings. The summed E-state index contributed by atoms with van der Waals surface area (Å²) >= 11 is 0. The third-order valence-corrected chi connectivity index (χ3v) is 5.24. The maximum atomic E-state index is 13.1. The minimum atomic E-state index is -0.146. The van der Waals surface area contributed by atoms with Crippen LogP contribution in [0.5, 0.6) is 11.5 Å². The molecular weight excluding hydrogens is 368 g/mol. The van der Waals surface area contributed by atoms with Crippen LogP contribution in [-0.4, -0.2) is 34.9 Å². The molecule has 1 aliphatic carbocycles. The van der Waals surface area contributed by atoms with Gasteiger partial charge in [0.25, 0.3) is 5.91 Å². The van der Waals surface area contributed by atoms with E-state index in [-0.39, 0.29) is 11.9 Å². The minimum absolute atomic E-state index is 0.146. The molecule has 1 saturated carbocycles. The van der Waals surface area contributed by atoms with Crippen molar-refractivity contribution in [3.05, 3.63) is 47.3 Å². The van der Waals surface area contributed by atoms with Crippen LogP contribution >= 0.6 is 0 Å². The number of amides is 1. The molecule has 1 fully saturated rings. The first-order valence-corrected chi connectivity index (χ1v) is 9.89. The predicted octanol–water partition coefficient (Wildman–Crippen LogP) is 3.84. The van der Waals surface area contributed by atoms with Gasteiger partial charge in [-0.15, -0.1) is 0 Å². The van der Waals surface area contributed by atoms with E-state index >= 15 is 0 Å². The van der Waals surface area contributed by atoms with Gasteiger partial charge in [0, 0.05) is 29.8 Å². The predicted molar refractivity (Wildman–Crippen MR) is 111 cm³/mol. The summed E-state index contributed by atoms with van der Waals surface area (Å²) in [6, 6.07) is 7.72. The smallest absolute Gasteiger partial charge is 0.252 e. The fourth-order valence-corrected chi connectivity index (χ4v) is 3.56. The lowest BCUT2D eigenvalue weighted by Crippen LogP contribution is -2.23. The molecule has 1 amide bonds. The van der Waals surface area contributed by atoms with Crippen LogP contribution in [0.25, 0.3) is 11.0 Å². The van der Waals surface area contributed by atoms with Crippen LogP contribution in [0.3, 0.4) is 0 Å². The fraction of sp³-hybridized carbons (Fsp3) is 0.409. The molecule has 1 aromatic carbocycles. The second-order valence-corrected chi connectivity index (χ2v) is 7.62. The molecule has 2 aromatic heterocycles. The summed E-state index contributed by atoms with van der Waals surface area (Å²) in [5.74, 6) is 1.56. The highest BCUT2D eigenvalue weighted by atomic mass is 16.5. The molecule has 0 atom stereocenters. The van der Waals surface area contributed by atoms with Gasteiger partial charge in [-0.2, -0.15) is 5.10 Å². The van der Waals surface area contributed by atoms with Gasteiger partial charge in [0.1, 0.15) is 0 Å². The Hall–Kier alpha value is -3.09. The summed E-state index contributed by atoms with van der Waals surface area (Å²) in [5, 5.41) is 8.26. The monoisotopic (exact) mass is 394 g/mol. The van der Waals surface area contributed by atoms with Crippen LogP contribution in [0.15, 0.2) is 30.5 Å². The zero-order valence-corrected chi connectivity index (χ0v) is 17.2. The number of fused-ring (bicyclic) bond motifs is 1.